The van der Waals surface area contributed by atoms with Crippen LogP contribution in [0.2, 0.25) is 0 Å². The molecule has 0 spiro atoms. The maximum Gasteiger partial charge on any atom is 0.234 e. The molecule has 1 saturated heterocycles. The van der Waals surface area contributed by atoms with Crippen molar-refractivity contribution in [2.45, 2.75) is 46.2 Å². The van der Waals surface area contributed by atoms with Crippen molar-refractivity contribution in [2.24, 2.45) is 4.99 Å². The van der Waals surface area contributed by atoms with E-state index in [1.807, 2.05) is 6.92 Å². The monoisotopic (exact) mass is 378 g/mol. The van der Waals surface area contributed by atoms with E-state index in [9.17, 15) is 4.79 Å². The fourth-order valence-corrected chi connectivity index (χ4v) is 3.86. The number of hydrogen-bond acceptors (Lipinski definition) is 5. The topological polar surface area (TPSA) is 72.9 Å². The summed E-state index contributed by atoms with van der Waals surface area (Å²) in [6.07, 6.45) is 2.28. The van der Waals surface area contributed by atoms with Gasteiger partial charge in [0.25, 0.3) is 0 Å². The average molecular weight is 379 g/mol. The van der Waals surface area contributed by atoms with E-state index in [1.165, 1.54) is 4.88 Å². The first kappa shape index (κ1) is 19.1. The van der Waals surface area contributed by atoms with Crippen LogP contribution in [0, 0.1) is 13.8 Å². The Morgan fingerprint density at radius 1 is 1.27 bits per heavy atom. The molecule has 3 rings (SSSR count). The molecule has 1 amide bonds. The van der Waals surface area contributed by atoms with Crippen LogP contribution in [-0.2, 0) is 11.3 Å². The van der Waals surface area contributed by atoms with Crippen LogP contribution in [0.5, 0.6) is 0 Å². The van der Waals surface area contributed by atoms with Crippen LogP contribution in [0.4, 0.5) is 0 Å². The Hall–Kier alpha value is -1.67. The molecule has 0 aromatic carbocycles. The van der Waals surface area contributed by atoms with E-state index in [4.69, 9.17) is 4.99 Å². The molecule has 2 N–H and O–H groups in total. The van der Waals surface area contributed by atoms with Crippen molar-refractivity contribution in [3.05, 3.63) is 15.6 Å². The van der Waals surface area contributed by atoms with E-state index >= 15 is 0 Å². The third-order valence-electron chi connectivity index (χ3n) is 4.75. The van der Waals surface area contributed by atoms with Gasteiger partial charge in [-0.15, -0.1) is 11.3 Å². The predicted octanol–water partition coefficient (Wildman–Crippen LogP) is 1.12. The Morgan fingerprint density at radius 2 is 2.00 bits per heavy atom. The first-order chi connectivity index (χ1) is 12.5. The molecule has 1 aliphatic heterocycles. The van der Waals surface area contributed by atoms with Gasteiger partial charge in [0.2, 0.25) is 5.91 Å². The lowest BCUT2D eigenvalue weighted by atomic mass is 10.3. The van der Waals surface area contributed by atoms with Gasteiger partial charge in [-0.1, -0.05) is 0 Å². The standard InChI is InChI=1S/C18H30N6OS/c1-4-19-18(20-11-17-21-13(2)14(3)26-17)24-9-7-23(8-10-24)12-16(25)22-15-5-6-15/h15H,4-12H2,1-3H3,(H,19,20)(H,22,25). The van der Waals surface area contributed by atoms with E-state index in [1.54, 1.807) is 11.3 Å². The highest BCUT2D eigenvalue weighted by atomic mass is 32.1. The average Bonchev–Trinajstić information content (AvgIpc) is 3.36. The third-order valence-corrected chi connectivity index (χ3v) is 5.81. The number of carbonyl (C=O) groups excluding carboxylic acids is 1. The molecule has 1 saturated carbocycles. The molecule has 2 heterocycles. The van der Waals surface area contributed by atoms with E-state index < -0.39 is 0 Å². The highest BCUT2D eigenvalue weighted by molar-refractivity contribution is 7.11. The van der Waals surface area contributed by atoms with Crippen LogP contribution in [0.1, 0.15) is 35.3 Å². The van der Waals surface area contributed by atoms with E-state index in [0.29, 0.717) is 19.1 Å². The number of nitrogens with zero attached hydrogens (tertiary/aromatic N) is 4. The number of aromatic nitrogens is 1. The quantitative estimate of drug-likeness (QED) is 0.573. The summed E-state index contributed by atoms with van der Waals surface area (Å²) < 4.78 is 0. The number of nitrogens with one attached hydrogen (secondary N) is 2. The molecule has 0 unspecified atom stereocenters. The number of piperazine rings is 1. The van der Waals surface area contributed by atoms with Crippen LogP contribution < -0.4 is 10.6 Å². The van der Waals surface area contributed by atoms with Gasteiger partial charge in [-0.05, 0) is 33.6 Å². The van der Waals surface area contributed by atoms with Crippen LogP contribution in [0.3, 0.4) is 0 Å². The zero-order valence-electron chi connectivity index (χ0n) is 16.0. The number of aliphatic imine (C=N–C) groups is 1. The molecule has 0 radical (unpaired) electrons. The van der Waals surface area contributed by atoms with Gasteiger partial charge in [0.05, 0.1) is 18.8 Å². The summed E-state index contributed by atoms with van der Waals surface area (Å²) in [5.41, 5.74) is 1.10. The molecule has 2 aliphatic rings. The number of thiazole rings is 1. The number of guanidine groups is 1. The molecule has 0 atom stereocenters. The number of rotatable bonds is 6. The highest BCUT2D eigenvalue weighted by Crippen LogP contribution is 2.18. The van der Waals surface area contributed by atoms with Crippen LogP contribution in [0.25, 0.3) is 0 Å². The fourth-order valence-electron chi connectivity index (χ4n) is 3.00. The number of hydrogen-bond donors (Lipinski definition) is 2. The molecular weight excluding hydrogens is 348 g/mol. The molecule has 1 aromatic rings. The molecule has 26 heavy (non-hydrogen) atoms. The van der Waals surface area contributed by atoms with Gasteiger partial charge >= 0.3 is 0 Å². The molecule has 1 aliphatic carbocycles. The molecule has 0 bridgehead atoms. The van der Waals surface area contributed by atoms with E-state index in [2.05, 4.69) is 39.3 Å². The maximum atomic E-state index is 12.0. The summed E-state index contributed by atoms with van der Waals surface area (Å²) in [6, 6.07) is 0.439. The first-order valence-corrected chi connectivity index (χ1v) is 10.3. The second kappa shape index (κ2) is 8.81. The number of aryl methyl sites for hydroxylation is 2. The molecule has 2 fully saturated rings. The van der Waals surface area contributed by atoms with Crippen molar-refractivity contribution in [1.29, 1.82) is 0 Å². The fraction of sp³-hybridized carbons (Fsp3) is 0.722. The summed E-state index contributed by atoms with van der Waals surface area (Å²) in [7, 11) is 0. The zero-order chi connectivity index (χ0) is 18.5. The van der Waals surface area contributed by atoms with Gasteiger partial charge in [0, 0.05) is 43.6 Å². The summed E-state index contributed by atoms with van der Waals surface area (Å²) in [6.45, 7) is 11.8. The Labute approximate surface area is 159 Å². The van der Waals surface area contributed by atoms with Gasteiger partial charge in [0.15, 0.2) is 5.96 Å². The number of carbonyl (C=O) groups is 1. The molecule has 7 nitrogen and oxygen atoms in total. The van der Waals surface area contributed by atoms with Gasteiger partial charge in [-0.3, -0.25) is 9.69 Å². The van der Waals surface area contributed by atoms with Crippen LogP contribution >= 0.6 is 11.3 Å². The Balaban J connectivity index is 1.50. The lowest BCUT2D eigenvalue weighted by Gasteiger charge is -2.36. The van der Waals surface area contributed by atoms with Crippen molar-refractivity contribution >= 4 is 23.2 Å². The molecule has 8 heteroatoms. The normalized spacial score (nSPS) is 18.9. The second-order valence-electron chi connectivity index (χ2n) is 7.02. The highest BCUT2D eigenvalue weighted by Gasteiger charge is 2.25. The van der Waals surface area contributed by atoms with Gasteiger partial charge in [0.1, 0.15) is 5.01 Å². The van der Waals surface area contributed by atoms with Crippen LogP contribution in [-0.4, -0.2) is 72.0 Å². The van der Waals surface area contributed by atoms with Gasteiger partial charge < -0.3 is 15.5 Å². The Kier molecular flexibility index (Phi) is 6.48. The zero-order valence-corrected chi connectivity index (χ0v) is 16.9. The first-order valence-electron chi connectivity index (χ1n) is 9.53. The maximum absolute atomic E-state index is 12.0. The largest absolute Gasteiger partial charge is 0.357 e. The van der Waals surface area contributed by atoms with Gasteiger partial charge in [-0.2, -0.15) is 0 Å². The lowest BCUT2D eigenvalue weighted by Crippen LogP contribution is -2.54. The predicted molar refractivity (Wildman–Crippen MR) is 106 cm³/mol. The minimum Gasteiger partial charge on any atom is -0.357 e. The summed E-state index contributed by atoms with van der Waals surface area (Å²) in [4.78, 5) is 27.1. The van der Waals surface area contributed by atoms with Crippen LogP contribution in [0.15, 0.2) is 4.99 Å². The van der Waals surface area contributed by atoms with Crippen molar-refractivity contribution in [3.8, 4) is 0 Å². The van der Waals surface area contributed by atoms with Crippen molar-refractivity contribution in [2.75, 3.05) is 39.3 Å². The molecule has 144 valence electrons. The van der Waals surface area contributed by atoms with Crippen molar-refractivity contribution < 1.29 is 4.79 Å². The van der Waals surface area contributed by atoms with Gasteiger partial charge in [-0.25, -0.2) is 9.98 Å². The Bertz CT molecular complexity index is 627. The van der Waals surface area contributed by atoms with Crippen molar-refractivity contribution in [1.82, 2.24) is 25.4 Å². The minimum atomic E-state index is 0.163. The lowest BCUT2D eigenvalue weighted by molar-refractivity contribution is -0.122. The minimum absolute atomic E-state index is 0.163. The van der Waals surface area contributed by atoms with Crippen molar-refractivity contribution in [3.63, 3.8) is 0 Å². The Morgan fingerprint density at radius 3 is 2.58 bits per heavy atom. The summed E-state index contributed by atoms with van der Waals surface area (Å²) in [5, 5.41) is 7.51. The smallest absolute Gasteiger partial charge is 0.234 e. The summed E-state index contributed by atoms with van der Waals surface area (Å²) in [5.74, 6) is 1.11. The van der Waals surface area contributed by atoms with E-state index in [0.717, 1.165) is 62.2 Å². The third kappa shape index (κ3) is 5.41. The van der Waals surface area contributed by atoms with E-state index in [-0.39, 0.29) is 5.91 Å². The second-order valence-corrected chi connectivity index (χ2v) is 8.31. The molecular formula is C18H30N6OS. The SMILES string of the molecule is CCNC(=NCc1nc(C)c(C)s1)N1CCN(CC(=O)NC2CC2)CC1. The summed E-state index contributed by atoms with van der Waals surface area (Å²) >= 11 is 1.72. The molecule has 1 aromatic heterocycles. The number of amides is 1.